The normalized spacial score (nSPS) is 24.3. The summed E-state index contributed by atoms with van der Waals surface area (Å²) in [5, 5.41) is 21.7. The number of nitrogens with one attached hydrogen (secondary N) is 1. The van der Waals surface area contributed by atoms with Crippen LogP contribution < -0.4 is 5.32 Å². The van der Waals surface area contributed by atoms with Crippen molar-refractivity contribution in [1.82, 2.24) is 10.2 Å². The van der Waals surface area contributed by atoms with Crippen LogP contribution in [0.5, 0.6) is 0 Å². The van der Waals surface area contributed by atoms with E-state index in [0.717, 1.165) is 29.2 Å². The summed E-state index contributed by atoms with van der Waals surface area (Å²) in [6, 6.07) is 2.88. The standard InChI is InChI=1S/C31H34F8N2O6S/c1-17(2)40-25(42)24-15-28(48(46,47)23-13-11-22(32)12-14-23,16-41(24)26(43)18-3-5-19(6-4-18)27(44)45)20-7-9-21(10-8-20)29(33,30(34,35)36)31(37,38)39/h7-14,17-19,24,27,44-45H,3-6,15-16H2,1-2H3,(H,40,42)/t18-,19-,24-,28?/m0/s1. The van der Waals surface area contributed by atoms with E-state index >= 15 is 0 Å². The first-order valence-corrected chi connectivity index (χ1v) is 16.5. The van der Waals surface area contributed by atoms with Gasteiger partial charge in [0.1, 0.15) is 16.6 Å². The highest BCUT2D eigenvalue weighted by atomic mass is 32.2. The first-order valence-electron chi connectivity index (χ1n) is 15.0. The Morgan fingerprint density at radius 1 is 0.875 bits per heavy atom. The molecule has 0 bridgehead atoms. The van der Waals surface area contributed by atoms with Gasteiger partial charge in [0.15, 0.2) is 16.1 Å². The van der Waals surface area contributed by atoms with Crippen LogP contribution in [0.4, 0.5) is 35.1 Å². The number of rotatable bonds is 8. The van der Waals surface area contributed by atoms with Crippen LogP contribution in [-0.2, 0) is 29.8 Å². The Labute approximate surface area is 271 Å². The molecule has 1 aliphatic heterocycles. The van der Waals surface area contributed by atoms with E-state index in [9.17, 15) is 63.3 Å². The molecule has 0 aromatic heterocycles. The van der Waals surface area contributed by atoms with Gasteiger partial charge in [-0.3, -0.25) is 9.59 Å². The van der Waals surface area contributed by atoms with E-state index in [2.05, 4.69) is 5.32 Å². The first kappa shape index (κ1) is 37.5. The maximum atomic E-state index is 14.9. The largest absolute Gasteiger partial charge is 0.435 e. The van der Waals surface area contributed by atoms with Crippen molar-refractivity contribution in [1.29, 1.82) is 0 Å². The topological polar surface area (TPSA) is 124 Å². The number of likely N-dealkylation sites (tertiary alicyclic amines) is 1. The fraction of sp³-hybridized carbons (Fsp3) is 0.548. The highest BCUT2D eigenvalue weighted by Crippen LogP contribution is 2.54. The van der Waals surface area contributed by atoms with Crippen LogP contribution in [0.25, 0.3) is 0 Å². The second-order valence-electron chi connectivity index (χ2n) is 12.6. The number of carbonyl (C=O) groups is 2. The zero-order chi connectivity index (χ0) is 36.0. The van der Waals surface area contributed by atoms with Crippen molar-refractivity contribution in [2.24, 2.45) is 11.8 Å². The van der Waals surface area contributed by atoms with Crippen LogP contribution in [0.3, 0.4) is 0 Å². The van der Waals surface area contributed by atoms with Crippen LogP contribution >= 0.6 is 0 Å². The lowest BCUT2D eigenvalue weighted by atomic mass is 9.81. The molecule has 2 amide bonds. The van der Waals surface area contributed by atoms with E-state index in [4.69, 9.17) is 0 Å². The molecule has 0 spiro atoms. The lowest BCUT2D eigenvalue weighted by molar-refractivity contribution is -0.348. The van der Waals surface area contributed by atoms with E-state index in [1.54, 1.807) is 13.8 Å². The Morgan fingerprint density at radius 2 is 1.40 bits per heavy atom. The molecule has 3 N–H and O–H groups in total. The predicted octanol–water partition coefficient (Wildman–Crippen LogP) is 5.03. The minimum Gasteiger partial charge on any atom is -0.368 e. The first-order chi connectivity index (χ1) is 22.1. The molecule has 1 unspecified atom stereocenters. The van der Waals surface area contributed by atoms with Crippen LogP contribution in [0.2, 0.25) is 0 Å². The number of hydrogen-bond acceptors (Lipinski definition) is 6. The number of benzene rings is 2. The van der Waals surface area contributed by atoms with E-state index < -0.39 is 109 Å². The van der Waals surface area contributed by atoms with Crippen LogP contribution in [0, 0.1) is 17.7 Å². The fourth-order valence-corrected chi connectivity index (χ4v) is 8.59. The Morgan fingerprint density at radius 3 is 1.85 bits per heavy atom. The molecule has 2 aromatic rings. The number of carbonyl (C=O) groups excluding carboxylic acids is 2. The number of halogens is 8. The van der Waals surface area contributed by atoms with Gasteiger partial charge in [-0.05, 0) is 69.4 Å². The molecule has 0 radical (unpaired) electrons. The SMILES string of the molecule is CC(C)NC(=O)[C@@H]1CC(c2ccc(C(F)(C(F)(F)F)C(F)(F)F)cc2)(S(=O)(=O)c2ccc(F)cc2)CN1C(=O)[C@H]1CC[C@H](C(O)O)CC1. The van der Waals surface area contributed by atoms with Gasteiger partial charge in [0.2, 0.25) is 11.8 Å². The Bertz CT molecular complexity index is 1570. The van der Waals surface area contributed by atoms with Crippen molar-refractivity contribution in [3.63, 3.8) is 0 Å². The zero-order valence-corrected chi connectivity index (χ0v) is 26.5. The van der Waals surface area contributed by atoms with Gasteiger partial charge in [-0.2, -0.15) is 26.3 Å². The Hall–Kier alpha value is -3.31. The van der Waals surface area contributed by atoms with Crippen LogP contribution in [0.1, 0.15) is 57.1 Å². The van der Waals surface area contributed by atoms with Crippen LogP contribution in [-0.4, -0.2) is 72.6 Å². The van der Waals surface area contributed by atoms with Crippen molar-refractivity contribution in [2.75, 3.05) is 6.54 Å². The lowest BCUT2D eigenvalue weighted by Crippen LogP contribution is -2.50. The Kier molecular flexibility index (Phi) is 10.3. The number of hydrogen-bond donors (Lipinski definition) is 3. The summed E-state index contributed by atoms with van der Waals surface area (Å²) in [5.74, 6) is -3.60. The smallest absolute Gasteiger partial charge is 0.368 e. The summed E-state index contributed by atoms with van der Waals surface area (Å²) < 4.78 is 136. The molecule has 8 nitrogen and oxygen atoms in total. The van der Waals surface area contributed by atoms with Gasteiger partial charge in [0, 0.05) is 36.4 Å². The molecule has 17 heteroatoms. The number of alkyl halides is 7. The van der Waals surface area contributed by atoms with Crippen molar-refractivity contribution >= 4 is 21.7 Å². The number of aliphatic hydroxyl groups is 2. The molecular formula is C31H34F8N2O6S. The molecule has 48 heavy (non-hydrogen) atoms. The molecule has 2 aliphatic rings. The fourth-order valence-electron chi connectivity index (χ4n) is 6.51. The second kappa shape index (κ2) is 13.2. The van der Waals surface area contributed by atoms with Gasteiger partial charge in [0.25, 0.3) is 0 Å². The van der Waals surface area contributed by atoms with E-state index in [0.29, 0.717) is 12.1 Å². The minimum absolute atomic E-state index is 0.149. The molecule has 1 saturated carbocycles. The van der Waals surface area contributed by atoms with Gasteiger partial charge < -0.3 is 20.4 Å². The summed E-state index contributed by atoms with van der Waals surface area (Å²) in [4.78, 5) is 28.0. The summed E-state index contributed by atoms with van der Waals surface area (Å²) in [7, 11) is -4.83. The van der Waals surface area contributed by atoms with Crippen molar-refractivity contribution < 1.29 is 63.3 Å². The minimum atomic E-state index is -6.44. The molecule has 2 fully saturated rings. The molecule has 4 rings (SSSR count). The van der Waals surface area contributed by atoms with Gasteiger partial charge in [0.05, 0.1) is 4.90 Å². The summed E-state index contributed by atoms with van der Waals surface area (Å²) in [6.45, 7) is 2.39. The molecule has 1 saturated heterocycles. The average Bonchev–Trinajstić information content (AvgIpc) is 3.42. The van der Waals surface area contributed by atoms with Gasteiger partial charge >= 0.3 is 18.0 Å². The maximum Gasteiger partial charge on any atom is 0.435 e. The second-order valence-corrected chi connectivity index (χ2v) is 14.8. The Balaban J connectivity index is 1.88. The molecule has 2 aromatic carbocycles. The quantitative estimate of drug-likeness (QED) is 0.201. The highest BCUT2D eigenvalue weighted by Gasteiger charge is 2.73. The predicted molar refractivity (Wildman–Crippen MR) is 154 cm³/mol. The van der Waals surface area contributed by atoms with Gasteiger partial charge in [-0.15, -0.1) is 0 Å². The monoisotopic (exact) mass is 714 g/mol. The van der Waals surface area contributed by atoms with E-state index in [1.165, 1.54) is 0 Å². The molecular weight excluding hydrogens is 680 g/mol. The van der Waals surface area contributed by atoms with Gasteiger partial charge in [-0.1, -0.05) is 24.3 Å². The lowest BCUT2D eigenvalue weighted by Gasteiger charge is -2.34. The highest BCUT2D eigenvalue weighted by molar-refractivity contribution is 7.92. The summed E-state index contributed by atoms with van der Waals surface area (Å²) >= 11 is 0. The summed E-state index contributed by atoms with van der Waals surface area (Å²) in [5.41, 5.74) is -8.12. The molecule has 266 valence electrons. The van der Waals surface area contributed by atoms with Crippen molar-refractivity contribution in [3.05, 3.63) is 65.5 Å². The number of nitrogens with zero attached hydrogens (tertiary/aromatic N) is 1. The molecule has 1 heterocycles. The molecule has 1 aliphatic carbocycles. The summed E-state index contributed by atoms with van der Waals surface area (Å²) in [6.07, 6.45) is -14.5. The maximum absolute atomic E-state index is 14.9. The van der Waals surface area contributed by atoms with Crippen molar-refractivity contribution in [2.45, 2.75) is 92.0 Å². The van der Waals surface area contributed by atoms with Crippen molar-refractivity contribution in [3.8, 4) is 0 Å². The van der Waals surface area contributed by atoms with E-state index in [1.807, 2.05) is 0 Å². The van der Waals surface area contributed by atoms with E-state index in [-0.39, 0.29) is 37.8 Å². The zero-order valence-electron chi connectivity index (χ0n) is 25.7. The van der Waals surface area contributed by atoms with Crippen LogP contribution in [0.15, 0.2) is 53.4 Å². The third-order valence-electron chi connectivity index (χ3n) is 9.11. The van der Waals surface area contributed by atoms with Gasteiger partial charge in [-0.25, -0.2) is 17.2 Å². The third-order valence-corrected chi connectivity index (χ3v) is 11.6. The third kappa shape index (κ3) is 6.64. The number of sulfone groups is 1. The average molecular weight is 715 g/mol. The molecule has 2 atom stereocenters. The number of amides is 2. The number of aliphatic hydroxyl groups excluding tert-OH is 1.